The van der Waals surface area contributed by atoms with Crippen LogP contribution in [-0.2, 0) is 0 Å². The Hall–Kier alpha value is -3.22. The second-order valence-corrected chi connectivity index (χ2v) is 6.81. The van der Waals surface area contributed by atoms with E-state index in [1.165, 1.54) is 24.3 Å². The van der Waals surface area contributed by atoms with Crippen molar-refractivity contribution in [1.82, 2.24) is 14.7 Å². The zero-order valence-electron chi connectivity index (χ0n) is 15.5. The van der Waals surface area contributed by atoms with E-state index in [2.05, 4.69) is 10.00 Å². The van der Waals surface area contributed by atoms with Gasteiger partial charge in [0.25, 0.3) is 5.91 Å². The number of piperazine rings is 1. The minimum atomic E-state index is -0.336. The number of carbonyl (C=O) groups excluding carboxylic acids is 1. The van der Waals surface area contributed by atoms with Crippen molar-refractivity contribution in [3.8, 4) is 5.69 Å². The molecule has 0 N–H and O–H groups in total. The van der Waals surface area contributed by atoms with Gasteiger partial charge in [0.15, 0.2) is 0 Å². The molecule has 3 aromatic rings. The molecule has 2 aromatic carbocycles. The van der Waals surface area contributed by atoms with Crippen LogP contribution in [0.25, 0.3) is 5.69 Å². The topological polar surface area (TPSA) is 41.4 Å². The van der Waals surface area contributed by atoms with E-state index >= 15 is 0 Å². The molecule has 1 fully saturated rings. The van der Waals surface area contributed by atoms with Crippen molar-refractivity contribution in [2.45, 2.75) is 6.92 Å². The molecule has 4 rings (SSSR count). The van der Waals surface area contributed by atoms with Gasteiger partial charge in [-0.05, 0) is 61.5 Å². The van der Waals surface area contributed by atoms with Crippen molar-refractivity contribution in [1.29, 1.82) is 0 Å². The average Bonchev–Trinajstić information content (AvgIpc) is 3.10. The molecular formula is C21H20F2N4O. The lowest BCUT2D eigenvalue weighted by Crippen LogP contribution is -2.49. The number of aromatic nitrogens is 2. The van der Waals surface area contributed by atoms with E-state index in [1.54, 1.807) is 39.9 Å². The Labute approximate surface area is 161 Å². The minimum Gasteiger partial charge on any atom is -0.368 e. The first kappa shape index (κ1) is 18.2. The van der Waals surface area contributed by atoms with E-state index in [-0.39, 0.29) is 17.5 Å². The number of hydrogen-bond acceptors (Lipinski definition) is 3. The van der Waals surface area contributed by atoms with E-state index in [0.717, 1.165) is 11.4 Å². The molecule has 0 saturated carbocycles. The van der Waals surface area contributed by atoms with Crippen LogP contribution in [0.3, 0.4) is 0 Å². The quantitative estimate of drug-likeness (QED) is 0.697. The second kappa shape index (κ2) is 7.42. The molecule has 0 aliphatic carbocycles. The zero-order chi connectivity index (χ0) is 19.7. The Kier molecular flexibility index (Phi) is 4.81. The SMILES string of the molecule is Cc1cc(C(=O)N2CCN(c3ccc(F)cc3)CC2)n(-c2ccc(F)cc2)n1. The van der Waals surface area contributed by atoms with Crippen LogP contribution in [0.1, 0.15) is 16.2 Å². The number of nitrogens with zero attached hydrogens (tertiary/aromatic N) is 4. The Morgan fingerprint density at radius 1 is 0.857 bits per heavy atom. The van der Waals surface area contributed by atoms with Crippen molar-refractivity contribution >= 4 is 11.6 Å². The van der Waals surface area contributed by atoms with Gasteiger partial charge in [0.05, 0.1) is 11.4 Å². The smallest absolute Gasteiger partial charge is 0.272 e. The molecule has 144 valence electrons. The summed E-state index contributed by atoms with van der Waals surface area (Å²) in [5, 5.41) is 4.40. The highest BCUT2D eigenvalue weighted by atomic mass is 19.1. The first-order chi connectivity index (χ1) is 13.5. The predicted molar refractivity (Wildman–Crippen MR) is 103 cm³/mol. The van der Waals surface area contributed by atoms with E-state index in [0.29, 0.717) is 37.6 Å². The van der Waals surface area contributed by atoms with Gasteiger partial charge in [0, 0.05) is 31.9 Å². The molecule has 1 aliphatic heterocycles. The molecule has 0 spiro atoms. The van der Waals surface area contributed by atoms with Gasteiger partial charge in [-0.1, -0.05) is 0 Å². The van der Waals surface area contributed by atoms with Crippen molar-refractivity contribution in [3.63, 3.8) is 0 Å². The van der Waals surface area contributed by atoms with Crippen LogP contribution < -0.4 is 4.90 Å². The maximum absolute atomic E-state index is 13.2. The van der Waals surface area contributed by atoms with Crippen LogP contribution in [0.15, 0.2) is 54.6 Å². The third kappa shape index (κ3) is 3.60. The number of amides is 1. The Morgan fingerprint density at radius 2 is 1.39 bits per heavy atom. The number of halogens is 2. The van der Waals surface area contributed by atoms with Crippen molar-refractivity contribution < 1.29 is 13.6 Å². The average molecular weight is 382 g/mol. The lowest BCUT2D eigenvalue weighted by molar-refractivity contribution is 0.0737. The summed E-state index contributed by atoms with van der Waals surface area (Å²) in [6, 6.07) is 14.0. The monoisotopic (exact) mass is 382 g/mol. The molecule has 0 radical (unpaired) electrons. The normalized spacial score (nSPS) is 14.4. The summed E-state index contributed by atoms with van der Waals surface area (Å²) in [4.78, 5) is 17.0. The highest BCUT2D eigenvalue weighted by molar-refractivity contribution is 5.93. The number of hydrogen-bond donors (Lipinski definition) is 0. The van der Waals surface area contributed by atoms with E-state index in [9.17, 15) is 13.6 Å². The summed E-state index contributed by atoms with van der Waals surface area (Å²) in [6.45, 7) is 4.28. The van der Waals surface area contributed by atoms with Gasteiger partial charge in [-0.25, -0.2) is 13.5 Å². The number of anilines is 1. The van der Waals surface area contributed by atoms with Gasteiger partial charge in [0.2, 0.25) is 0 Å². The fraction of sp³-hybridized carbons (Fsp3) is 0.238. The van der Waals surface area contributed by atoms with Gasteiger partial charge in [0.1, 0.15) is 17.3 Å². The summed E-state index contributed by atoms with van der Waals surface area (Å²) in [7, 11) is 0. The summed E-state index contributed by atoms with van der Waals surface area (Å²) < 4.78 is 27.9. The maximum atomic E-state index is 13.2. The second-order valence-electron chi connectivity index (χ2n) is 6.81. The molecule has 7 heteroatoms. The first-order valence-corrected chi connectivity index (χ1v) is 9.14. The fourth-order valence-corrected chi connectivity index (χ4v) is 3.41. The van der Waals surface area contributed by atoms with Gasteiger partial charge in [-0.2, -0.15) is 5.10 Å². The maximum Gasteiger partial charge on any atom is 0.272 e. The molecule has 0 atom stereocenters. The van der Waals surface area contributed by atoms with Crippen LogP contribution in [0.4, 0.5) is 14.5 Å². The molecule has 0 bridgehead atoms. The summed E-state index contributed by atoms with van der Waals surface area (Å²) in [6.07, 6.45) is 0. The van der Waals surface area contributed by atoms with Gasteiger partial charge in [-0.3, -0.25) is 4.79 Å². The number of aryl methyl sites for hydroxylation is 1. The van der Waals surface area contributed by atoms with Crippen LogP contribution in [0, 0.1) is 18.6 Å². The highest BCUT2D eigenvalue weighted by Gasteiger charge is 2.25. The van der Waals surface area contributed by atoms with E-state index in [1.807, 2.05) is 6.92 Å². The van der Waals surface area contributed by atoms with Crippen molar-refractivity contribution in [3.05, 3.63) is 77.6 Å². The molecular weight excluding hydrogens is 362 g/mol. The molecule has 5 nitrogen and oxygen atoms in total. The molecule has 1 saturated heterocycles. The van der Waals surface area contributed by atoms with Crippen LogP contribution >= 0.6 is 0 Å². The highest BCUT2D eigenvalue weighted by Crippen LogP contribution is 2.20. The van der Waals surface area contributed by atoms with Crippen LogP contribution in [0.5, 0.6) is 0 Å². The molecule has 1 aromatic heterocycles. The van der Waals surface area contributed by atoms with Crippen LogP contribution in [-0.4, -0.2) is 46.8 Å². The Morgan fingerprint density at radius 3 is 1.96 bits per heavy atom. The largest absolute Gasteiger partial charge is 0.368 e. The standard InChI is InChI=1S/C21H20F2N4O/c1-15-14-20(27(24-15)19-8-4-17(23)5-9-19)21(28)26-12-10-25(11-13-26)18-6-2-16(22)3-7-18/h2-9,14H,10-13H2,1H3. The number of rotatable bonds is 3. The van der Waals surface area contributed by atoms with E-state index < -0.39 is 0 Å². The van der Waals surface area contributed by atoms with Crippen molar-refractivity contribution in [2.24, 2.45) is 0 Å². The van der Waals surface area contributed by atoms with Crippen molar-refractivity contribution in [2.75, 3.05) is 31.1 Å². The van der Waals surface area contributed by atoms with Gasteiger partial charge < -0.3 is 9.80 Å². The van der Waals surface area contributed by atoms with Crippen LogP contribution in [0.2, 0.25) is 0 Å². The van der Waals surface area contributed by atoms with Gasteiger partial charge in [-0.15, -0.1) is 0 Å². The number of carbonyl (C=O) groups is 1. The minimum absolute atomic E-state index is 0.108. The molecule has 1 aliphatic rings. The summed E-state index contributed by atoms with van der Waals surface area (Å²) >= 11 is 0. The first-order valence-electron chi connectivity index (χ1n) is 9.14. The zero-order valence-corrected chi connectivity index (χ0v) is 15.5. The summed E-state index contributed by atoms with van der Waals surface area (Å²) in [5.74, 6) is -0.705. The molecule has 2 heterocycles. The number of benzene rings is 2. The molecule has 28 heavy (non-hydrogen) atoms. The van der Waals surface area contributed by atoms with Gasteiger partial charge >= 0.3 is 0 Å². The predicted octanol–water partition coefficient (Wildman–Crippen LogP) is 3.42. The summed E-state index contributed by atoms with van der Waals surface area (Å²) in [5.41, 5.74) is 2.76. The Balaban J connectivity index is 1.50. The fourth-order valence-electron chi connectivity index (χ4n) is 3.41. The Bertz CT molecular complexity index is 975. The third-order valence-corrected chi connectivity index (χ3v) is 4.88. The molecule has 1 amide bonds. The molecule has 0 unspecified atom stereocenters. The third-order valence-electron chi connectivity index (χ3n) is 4.88. The van der Waals surface area contributed by atoms with E-state index in [4.69, 9.17) is 0 Å². The lowest BCUT2D eigenvalue weighted by atomic mass is 10.2. The lowest BCUT2D eigenvalue weighted by Gasteiger charge is -2.36.